The first-order valence-corrected chi connectivity index (χ1v) is 10.9. The molecule has 4 N–H and O–H groups in total. The van der Waals surface area contributed by atoms with Crippen molar-refractivity contribution in [1.29, 1.82) is 0 Å². The predicted octanol–water partition coefficient (Wildman–Crippen LogP) is 5.90. The summed E-state index contributed by atoms with van der Waals surface area (Å²) in [5, 5.41) is 12.9. The number of carbonyl (C=O) groups excluding carboxylic acids is 3. The second-order valence-corrected chi connectivity index (χ2v) is 7.94. The fraction of sp³-hybridized carbons (Fsp3) is 0. The Hall–Kier alpha value is -4.43. The number of rotatable bonds is 6. The van der Waals surface area contributed by atoms with Gasteiger partial charge >= 0.3 is 6.03 Å². The average molecular weight is 457 g/mol. The maximum Gasteiger partial charge on any atom is 0.323 e. The lowest BCUT2D eigenvalue weighted by Gasteiger charge is -2.10. The molecule has 0 aliphatic heterocycles. The van der Waals surface area contributed by atoms with E-state index >= 15 is 0 Å². The third-order valence-electron chi connectivity index (χ3n) is 4.56. The fourth-order valence-corrected chi connectivity index (χ4v) is 3.62. The van der Waals surface area contributed by atoms with E-state index in [0.29, 0.717) is 33.2 Å². The molecule has 0 spiro atoms. The van der Waals surface area contributed by atoms with Crippen LogP contribution in [0, 0.1) is 0 Å². The lowest BCUT2D eigenvalue weighted by atomic mass is 10.2. The highest BCUT2D eigenvalue weighted by Gasteiger charge is 2.10. The summed E-state index contributed by atoms with van der Waals surface area (Å²) in [7, 11) is 0. The molecule has 4 rings (SSSR count). The van der Waals surface area contributed by atoms with Crippen LogP contribution in [0.5, 0.6) is 0 Å². The molecule has 1 heterocycles. The Morgan fingerprint density at radius 3 is 1.79 bits per heavy atom. The molecule has 4 aromatic rings. The van der Waals surface area contributed by atoms with Gasteiger partial charge in [0.15, 0.2) is 0 Å². The van der Waals surface area contributed by atoms with Crippen LogP contribution in [0.25, 0.3) is 0 Å². The van der Waals surface area contributed by atoms with Crippen molar-refractivity contribution >= 4 is 51.9 Å². The van der Waals surface area contributed by atoms with Gasteiger partial charge in [-0.05, 0) is 66.0 Å². The van der Waals surface area contributed by atoms with Crippen molar-refractivity contribution in [3.63, 3.8) is 0 Å². The minimum absolute atomic E-state index is 0.201. The van der Waals surface area contributed by atoms with Gasteiger partial charge in [-0.1, -0.05) is 30.3 Å². The van der Waals surface area contributed by atoms with E-state index < -0.39 is 0 Å². The molecule has 0 aliphatic carbocycles. The second-order valence-electron chi connectivity index (χ2n) is 6.99. The molecule has 8 heteroatoms. The minimum Gasteiger partial charge on any atom is -0.322 e. The molecule has 7 nitrogen and oxygen atoms in total. The zero-order valence-electron chi connectivity index (χ0n) is 17.4. The van der Waals surface area contributed by atoms with Crippen LogP contribution in [0.1, 0.15) is 20.0 Å². The number of nitrogens with one attached hydrogen (secondary N) is 4. The molecule has 33 heavy (non-hydrogen) atoms. The molecule has 3 aromatic carbocycles. The van der Waals surface area contributed by atoms with E-state index in [0.717, 1.165) is 0 Å². The van der Waals surface area contributed by atoms with E-state index in [1.807, 2.05) is 29.6 Å². The Bertz CT molecular complexity index is 1260. The van der Waals surface area contributed by atoms with Gasteiger partial charge in [0.05, 0.1) is 4.88 Å². The van der Waals surface area contributed by atoms with Gasteiger partial charge in [0.1, 0.15) is 0 Å². The highest BCUT2D eigenvalue weighted by atomic mass is 32.1. The zero-order valence-corrected chi connectivity index (χ0v) is 18.2. The van der Waals surface area contributed by atoms with Crippen LogP contribution < -0.4 is 21.3 Å². The van der Waals surface area contributed by atoms with Gasteiger partial charge in [-0.3, -0.25) is 9.59 Å². The van der Waals surface area contributed by atoms with Crippen LogP contribution in [0.2, 0.25) is 0 Å². The Morgan fingerprint density at radius 1 is 0.545 bits per heavy atom. The molecule has 0 bridgehead atoms. The Kier molecular flexibility index (Phi) is 6.77. The van der Waals surface area contributed by atoms with Crippen LogP contribution in [-0.4, -0.2) is 17.8 Å². The van der Waals surface area contributed by atoms with E-state index in [1.54, 1.807) is 66.7 Å². The third kappa shape index (κ3) is 6.05. The Morgan fingerprint density at radius 2 is 1.15 bits per heavy atom. The van der Waals surface area contributed by atoms with Crippen molar-refractivity contribution in [2.45, 2.75) is 0 Å². The predicted molar refractivity (Wildman–Crippen MR) is 132 cm³/mol. The second kappa shape index (κ2) is 10.3. The molecule has 1 aromatic heterocycles. The van der Waals surface area contributed by atoms with E-state index in [2.05, 4.69) is 21.3 Å². The molecular weight excluding hydrogens is 436 g/mol. The molecule has 0 atom stereocenters. The average Bonchev–Trinajstić information content (AvgIpc) is 3.36. The summed E-state index contributed by atoms with van der Waals surface area (Å²) in [6.07, 6.45) is 0. The monoisotopic (exact) mass is 456 g/mol. The first kappa shape index (κ1) is 21.8. The van der Waals surface area contributed by atoms with Crippen LogP contribution in [0.15, 0.2) is 96.4 Å². The summed E-state index contributed by atoms with van der Waals surface area (Å²) in [6.45, 7) is 0. The van der Waals surface area contributed by atoms with Gasteiger partial charge < -0.3 is 21.3 Å². The first-order chi connectivity index (χ1) is 16.1. The van der Waals surface area contributed by atoms with E-state index in [-0.39, 0.29) is 17.8 Å². The number of amides is 4. The molecular formula is C25H20N4O3S. The molecule has 0 aliphatic rings. The Labute approximate surface area is 194 Å². The molecule has 164 valence electrons. The Balaban J connectivity index is 1.34. The maximum atomic E-state index is 12.6. The van der Waals surface area contributed by atoms with Crippen molar-refractivity contribution in [3.8, 4) is 0 Å². The van der Waals surface area contributed by atoms with Gasteiger partial charge in [0.2, 0.25) is 0 Å². The van der Waals surface area contributed by atoms with Crippen LogP contribution in [0.4, 0.5) is 27.5 Å². The molecule has 0 unspecified atom stereocenters. The first-order valence-electron chi connectivity index (χ1n) is 10.1. The SMILES string of the molecule is O=C(Nc1ccccc1)Nc1ccc(C(=O)Nc2cccc(NC(=O)c3cccs3)c2)cc1. The number of anilines is 4. The summed E-state index contributed by atoms with van der Waals surface area (Å²) in [6, 6.07) is 25.8. The lowest BCUT2D eigenvalue weighted by molar-refractivity contribution is 0.102. The van der Waals surface area contributed by atoms with Crippen LogP contribution in [-0.2, 0) is 0 Å². The molecule has 0 fully saturated rings. The highest BCUT2D eigenvalue weighted by Crippen LogP contribution is 2.19. The van der Waals surface area contributed by atoms with Crippen molar-refractivity contribution in [2.24, 2.45) is 0 Å². The number of carbonyl (C=O) groups is 3. The topological polar surface area (TPSA) is 99.3 Å². The lowest BCUT2D eigenvalue weighted by Crippen LogP contribution is -2.19. The quantitative estimate of drug-likeness (QED) is 0.291. The molecule has 0 saturated carbocycles. The normalized spacial score (nSPS) is 10.2. The number of hydrogen-bond donors (Lipinski definition) is 4. The largest absolute Gasteiger partial charge is 0.323 e. The minimum atomic E-state index is -0.375. The molecule has 4 amide bonds. The molecule has 0 radical (unpaired) electrons. The summed E-state index contributed by atoms with van der Waals surface area (Å²) in [4.78, 5) is 37.5. The van der Waals surface area contributed by atoms with Gasteiger partial charge in [-0.2, -0.15) is 0 Å². The number of benzene rings is 3. The van der Waals surface area contributed by atoms with Crippen LogP contribution >= 0.6 is 11.3 Å². The number of para-hydroxylation sites is 1. The number of urea groups is 1. The summed E-state index contributed by atoms with van der Waals surface area (Å²) >= 11 is 1.36. The third-order valence-corrected chi connectivity index (χ3v) is 5.43. The van der Waals surface area contributed by atoms with Gasteiger partial charge in [0, 0.05) is 28.3 Å². The summed E-state index contributed by atoms with van der Waals surface area (Å²) in [5.41, 5.74) is 2.79. The van der Waals surface area contributed by atoms with Crippen LogP contribution in [0.3, 0.4) is 0 Å². The number of hydrogen-bond acceptors (Lipinski definition) is 4. The van der Waals surface area contributed by atoms with Gasteiger partial charge in [-0.15, -0.1) is 11.3 Å². The standard InChI is InChI=1S/C25H20N4O3S/c30-23(26-20-8-4-9-21(16-20)27-24(31)22-10-5-15-33-22)17-11-13-19(14-12-17)29-25(32)28-18-6-2-1-3-7-18/h1-16H,(H,26,30)(H,27,31)(H2,28,29,32). The summed E-state index contributed by atoms with van der Waals surface area (Å²) in [5.74, 6) is -0.509. The fourth-order valence-electron chi connectivity index (χ4n) is 3.00. The van der Waals surface area contributed by atoms with E-state index in [1.165, 1.54) is 11.3 Å². The van der Waals surface area contributed by atoms with Crippen molar-refractivity contribution < 1.29 is 14.4 Å². The maximum absolute atomic E-state index is 12.6. The van der Waals surface area contributed by atoms with E-state index in [9.17, 15) is 14.4 Å². The summed E-state index contributed by atoms with van der Waals surface area (Å²) < 4.78 is 0. The van der Waals surface area contributed by atoms with Gasteiger partial charge in [0.25, 0.3) is 11.8 Å². The zero-order chi connectivity index (χ0) is 23.0. The van der Waals surface area contributed by atoms with Gasteiger partial charge in [-0.25, -0.2) is 4.79 Å². The van der Waals surface area contributed by atoms with E-state index in [4.69, 9.17) is 0 Å². The highest BCUT2D eigenvalue weighted by molar-refractivity contribution is 7.12. The van der Waals surface area contributed by atoms with Crippen molar-refractivity contribution in [2.75, 3.05) is 21.3 Å². The van der Waals surface area contributed by atoms with Crippen molar-refractivity contribution in [3.05, 3.63) is 107 Å². The van der Waals surface area contributed by atoms with Crippen molar-refractivity contribution in [1.82, 2.24) is 0 Å². The number of thiophene rings is 1. The molecule has 0 saturated heterocycles. The smallest absolute Gasteiger partial charge is 0.322 e.